The third kappa shape index (κ3) is 4.17. The third-order valence-corrected chi connectivity index (χ3v) is 3.19. The minimum atomic E-state index is -1.53. The van der Waals surface area contributed by atoms with Crippen LogP contribution in [0.3, 0.4) is 0 Å². The Morgan fingerprint density at radius 3 is 2.27 bits per heavy atom. The molecule has 0 atom stereocenters. The molecule has 0 spiro atoms. The molecule has 0 heterocycles. The van der Waals surface area contributed by atoms with Gasteiger partial charge in [0, 0.05) is 5.69 Å². The number of urea groups is 1. The van der Waals surface area contributed by atoms with Gasteiger partial charge in [-0.05, 0) is 24.6 Å². The predicted octanol–water partition coefficient (Wildman–Crippen LogP) is -0.381. The molecule has 0 saturated heterocycles. The summed E-state index contributed by atoms with van der Waals surface area (Å²) in [4.78, 5) is 23.4. The van der Waals surface area contributed by atoms with Gasteiger partial charge in [0.15, 0.2) is 0 Å². The first-order chi connectivity index (χ1) is 10.4. The number of rotatable bonds is 6. The van der Waals surface area contributed by atoms with Crippen LogP contribution in [0.5, 0.6) is 0 Å². The van der Waals surface area contributed by atoms with Gasteiger partial charge in [0.05, 0.1) is 32.5 Å². The molecule has 0 unspecified atom stereocenters. The molecule has 1 aromatic carbocycles. The Kier molecular flexibility index (Phi) is 6.29. The average Bonchev–Trinajstić information content (AvgIpc) is 2.54. The Labute approximate surface area is 127 Å². The summed E-state index contributed by atoms with van der Waals surface area (Å²) in [6.07, 6.45) is 0. The Morgan fingerprint density at radius 1 is 1.18 bits per heavy atom. The van der Waals surface area contributed by atoms with Crippen molar-refractivity contribution in [1.29, 1.82) is 0 Å². The Balaban J connectivity index is 2.90. The van der Waals surface area contributed by atoms with E-state index in [1.807, 2.05) is 0 Å². The van der Waals surface area contributed by atoms with E-state index in [4.69, 9.17) is 0 Å². The highest BCUT2D eigenvalue weighted by Gasteiger charge is 2.30. The minimum absolute atomic E-state index is 0.265. The number of aryl methyl sites for hydroxylation is 1. The monoisotopic (exact) mass is 312 g/mol. The second kappa shape index (κ2) is 7.74. The fourth-order valence-electron chi connectivity index (χ4n) is 1.66. The maximum atomic E-state index is 11.9. The van der Waals surface area contributed by atoms with Gasteiger partial charge in [-0.15, -0.1) is 0 Å². The number of hydrogen-bond acceptors (Lipinski definition) is 6. The first-order valence-corrected chi connectivity index (χ1v) is 6.52. The quantitative estimate of drug-likeness (QED) is 0.456. The number of ether oxygens (including phenoxy) is 1. The molecule has 1 aromatic rings. The van der Waals surface area contributed by atoms with Gasteiger partial charge in [0.25, 0.3) is 0 Å². The zero-order valence-electron chi connectivity index (χ0n) is 12.4. The van der Waals surface area contributed by atoms with Crippen LogP contribution in [0, 0.1) is 6.92 Å². The molecule has 0 fully saturated rings. The lowest BCUT2D eigenvalue weighted by molar-refractivity contribution is 0.0507. The van der Waals surface area contributed by atoms with Crippen molar-refractivity contribution in [3.63, 3.8) is 0 Å². The van der Waals surface area contributed by atoms with Gasteiger partial charge in [-0.2, -0.15) is 0 Å². The summed E-state index contributed by atoms with van der Waals surface area (Å²) in [7, 11) is 1.25. The minimum Gasteiger partial charge on any atom is -0.465 e. The van der Waals surface area contributed by atoms with E-state index in [9.17, 15) is 24.9 Å². The molecule has 22 heavy (non-hydrogen) atoms. The van der Waals surface area contributed by atoms with Crippen molar-refractivity contribution in [2.75, 3.05) is 32.2 Å². The SMILES string of the molecule is COC(=O)c1ccc(C)c(NC(=O)NC(CO)(CO)CO)c1. The summed E-state index contributed by atoms with van der Waals surface area (Å²) >= 11 is 0. The van der Waals surface area contributed by atoms with Gasteiger partial charge < -0.3 is 30.7 Å². The van der Waals surface area contributed by atoms with Crippen molar-refractivity contribution in [2.24, 2.45) is 0 Å². The number of hydrogen-bond donors (Lipinski definition) is 5. The third-order valence-electron chi connectivity index (χ3n) is 3.19. The normalized spacial score (nSPS) is 11.0. The Bertz CT molecular complexity index is 534. The van der Waals surface area contributed by atoms with E-state index in [0.29, 0.717) is 11.3 Å². The number of anilines is 1. The van der Waals surface area contributed by atoms with Crippen LogP contribution < -0.4 is 10.6 Å². The van der Waals surface area contributed by atoms with Gasteiger partial charge >= 0.3 is 12.0 Å². The zero-order valence-corrected chi connectivity index (χ0v) is 12.4. The molecule has 8 heteroatoms. The van der Waals surface area contributed by atoms with Gasteiger partial charge in [-0.25, -0.2) is 9.59 Å². The number of aliphatic hydroxyl groups excluding tert-OH is 3. The van der Waals surface area contributed by atoms with E-state index >= 15 is 0 Å². The molecule has 0 saturated carbocycles. The lowest BCUT2D eigenvalue weighted by Crippen LogP contribution is -2.58. The van der Waals surface area contributed by atoms with Crippen LogP contribution in [-0.4, -0.2) is 59.8 Å². The summed E-state index contributed by atoms with van der Waals surface area (Å²) in [6, 6.07) is 3.91. The summed E-state index contributed by atoms with van der Waals surface area (Å²) in [5.41, 5.74) is -0.201. The van der Waals surface area contributed by atoms with Crippen molar-refractivity contribution < 1.29 is 29.6 Å². The Hall–Kier alpha value is -2.16. The summed E-state index contributed by atoms with van der Waals surface area (Å²) in [5.74, 6) is -0.543. The molecule has 0 radical (unpaired) electrons. The molecule has 5 N–H and O–H groups in total. The van der Waals surface area contributed by atoms with Crippen molar-refractivity contribution in [3.05, 3.63) is 29.3 Å². The lowest BCUT2D eigenvalue weighted by atomic mass is 10.0. The van der Waals surface area contributed by atoms with E-state index in [2.05, 4.69) is 15.4 Å². The van der Waals surface area contributed by atoms with Crippen LogP contribution >= 0.6 is 0 Å². The summed E-state index contributed by atoms with van der Waals surface area (Å²) < 4.78 is 4.60. The first kappa shape index (κ1) is 17.9. The maximum absolute atomic E-state index is 11.9. The lowest BCUT2D eigenvalue weighted by Gasteiger charge is -2.28. The van der Waals surface area contributed by atoms with Crippen LogP contribution in [0.25, 0.3) is 0 Å². The smallest absolute Gasteiger partial charge is 0.337 e. The number of benzene rings is 1. The molecule has 8 nitrogen and oxygen atoms in total. The van der Waals surface area contributed by atoms with Crippen molar-refractivity contribution >= 4 is 17.7 Å². The van der Waals surface area contributed by atoms with Crippen LogP contribution in [0.15, 0.2) is 18.2 Å². The number of esters is 1. The van der Waals surface area contributed by atoms with Gasteiger partial charge in [0.1, 0.15) is 5.54 Å². The van der Waals surface area contributed by atoms with E-state index < -0.39 is 37.4 Å². The van der Waals surface area contributed by atoms with Crippen LogP contribution in [0.2, 0.25) is 0 Å². The molecule has 0 bridgehead atoms. The molecular formula is C14H20N2O6. The van der Waals surface area contributed by atoms with E-state index in [1.165, 1.54) is 13.2 Å². The average molecular weight is 312 g/mol. The predicted molar refractivity (Wildman–Crippen MR) is 78.7 cm³/mol. The molecule has 2 amide bonds. The molecule has 0 aliphatic heterocycles. The second-order valence-corrected chi connectivity index (χ2v) is 4.86. The van der Waals surface area contributed by atoms with Crippen LogP contribution in [0.4, 0.5) is 10.5 Å². The van der Waals surface area contributed by atoms with Crippen molar-refractivity contribution in [3.8, 4) is 0 Å². The zero-order chi connectivity index (χ0) is 16.8. The van der Waals surface area contributed by atoms with Crippen LogP contribution in [0.1, 0.15) is 15.9 Å². The number of carbonyl (C=O) groups excluding carboxylic acids is 2. The van der Waals surface area contributed by atoms with Gasteiger partial charge in [-0.1, -0.05) is 6.07 Å². The standard InChI is InChI=1S/C14H20N2O6/c1-9-3-4-10(12(20)22-2)5-11(9)15-13(21)16-14(6-17,7-18)8-19/h3-5,17-19H,6-8H2,1-2H3,(H2,15,16,21). The number of aliphatic hydroxyl groups is 3. The fraction of sp³-hybridized carbons (Fsp3) is 0.429. The molecule has 122 valence electrons. The highest BCUT2D eigenvalue weighted by atomic mass is 16.5. The summed E-state index contributed by atoms with van der Waals surface area (Å²) in [6.45, 7) is -0.161. The van der Waals surface area contributed by atoms with E-state index in [-0.39, 0.29) is 5.56 Å². The van der Waals surface area contributed by atoms with Gasteiger partial charge in [0.2, 0.25) is 0 Å². The van der Waals surface area contributed by atoms with Crippen molar-refractivity contribution in [2.45, 2.75) is 12.5 Å². The van der Waals surface area contributed by atoms with Gasteiger partial charge in [-0.3, -0.25) is 0 Å². The molecule has 1 rings (SSSR count). The largest absolute Gasteiger partial charge is 0.465 e. The molecular weight excluding hydrogens is 292 g/mol. The molecule has 0 aliphatic carbocycles. The second-order valence-electron chi connectivity index (χ2n) is 4.86. The number of amides is 2. The number of methoxy groups -OCH3 is 1. The van der Waals surface area contributed by atoms with Crippen molar-refractivity contribution in [1.82, 2.24) is 5.32 Å². The van der Waals surface area contributed by atoms with E-state index in [1.54, 1.807) is 19.1 Å². The molecule has 0 aliphatic rings. The summed E-state index contributed by atoms with van der Waals surface area (Å²) in [5, 5.41) is 32.3. The highest BCUT2D eigenvalue weighted by molar-refractivity contribution is 5.94. The number of nitrogens with one attached hydrogen (secondary N) is 2. The van der Waals surface area contributed by atoms with Crippen LogP contribution in [-0.2, 0) is 4.74 Å². The maximum Gasteiger partial charge on any atom is 0.337 e. The fourth-order valence-corrected chi connectivity index (χ4v) is 1.66. The number of carbonyl (C=O) groups is 2. The van der Waals surface area contributed by atoms with E-state index in [0.717, 1.165) is 0 Å². The topological polar surface area (TPSA) is 128 Å². The first-order valence-electron chi connectivity index (χ1n) is 6.52. The highest BCUT2D eigenvalue weighted by Crippen LogP contribution is 2.17. The Morgan fingerprint density at radius 2 is 1.77 bits per heavy atom. The molecule has 0 aromatic heterocycles.